The van der Waals surface area contributed by atoms with E-state index < -0.39 is 0 Å². The number of nitrogens with two attached hydrogens (primary N) is 1. The van der Waals surface area contributed by atoms with E-state index in [4.69, 9.17) is 5.73 Å². The number of pyridine rings is 1. The van der Waals surface area contributed by atoms with Gasteiger partial charge in [0.1, 0.15) is 5.82 Å². The molecule has 2 bridgehead atoms. The number of ketones is 1. The zero-order valence-corrected chi connectivity index (χ0v) is 11.4. The zero-order chi connectivity index (χ0) is 13.4. The number of aryl methyl sites for hydroxylation is 1. The van der Waals surface area contributed by atoms with Crippen molar-refractivity contribution in [2.75, 3.05) is 5.73 Å². The average molecular weight is 259 g/mol. The predicted molar refractivity (Wildman–Crippen MR) is 75.0 cm³/mol. The van der Waals surface area contributed by atoms with E-state index in [2.05, 4.69) is 10.3 Å². The number of rotatable bonds is 3. The number of carbonyl (C=O) groups excluding carboxylic acids is 1. The first kappa shape index (κ1) is 12.6. The van der Waals surface area contributed by atoms with Crippen LogP contribution in [0.1, 0.15) is 48.0 Å². The molecule has 2 aliphatic heterocycles. The molecule has 102 valence electrons. The molecule has 2 unspecified atom stereocenters. The highest BCUT2D eigenvalue weighted by Gasteiger charge is 2.34. The lowest BCUT2D eigenvalue weighted by Crippen LogP contribution is -2.38. The van der Waals surface area contributed by atoms with Gasteiger partial charge in [0.15, 0.2) is 5.78 Å². The van der Waals surface area contributed by atoms with Crippen molar-refractivity contribution in [1.82, 2.24) is 10.3 Å². The Morgan fingerprint density at radius 2 is 2.11 bits per heavy atom. The summed E-state index contributed by atoms with van der Waals surface area (Å²) in [6.45, 7) is 1.93. The lowest BCUT2D eigenvalue weighted by Gasteiger charge is -2.28. The molecule has 1 aromatic heterocycles. The fraction of sp³-hybridized carbons (Fsp3) is 0.600. The van der Waals surface area contributed by atoms with E-state index in [1.54, 1.807) is 6.20 Å². The van der Waals surface area contributed by atoms with Gasteiger partial charge in [0.25, 0.3) is 0 Å². The molecule has 3 N–H and O–H groups in total. The van der Waals surface area contributed by atoms with Crippen molar-refractivity contribution in [3.63, 3.8) is 0 Å². The molecule has 0 radical (unpaired) electrons. The molecule has 1 aromatic rings. The number of nitrogen functional groups attached to an aromatic ring is 1. The van der Waals surface area contributed by atoms with Crippen molar-refractivity contribution < 1.29 is 4.79 Å². The van der Waals surface area contributed by atoms with Gasteiger partial charge in [-0.25, -0.2) is 4.98 Å². The third-order valence-corrected chi connectivity index (χ3v) is 4.51. The molecule has 0 aliphatic carbocycles. The third kappa shape index (κ3) is 2.50. The van der Waals surface area contributed by atoms with Gasteiger partial charge in [-0.05, 0) is 50.2 Å². The molecule has 3 rings (SSSR count). The summed E-state index contributed by atoms with van der Waals surface area (Å²) < 4.78 is 0. The Labute approximate surface area is 113 Å². The first-order chi connectivity index (χ1) is 9.13. The maximum absolute atomic E-state index is 12.4. The van der Waals surface area contributed by atoms with E-state index >= 15 is 0 Å². The second kappa shape index (κ2) is 4.93. The number of hydrogen-bond acceptors (Lipinski definition) is 4. The Morgan fingerprint density at radius 1 is 1.42 bits per heavy atom. The van der Waals surface area contributed by atoms with E-state index in [1.165, 1.54) is 12.8 Å². The Morgan fingerprint density at radius 3 is 2.74 bits per heavy atom. The van der Waals surface area contributed by atoms with Gasteiger partial charge < -0.3 is 11.1 Å². The molecular weight excluding hydrogens is 238 g/mol. The molecule has 0 spiro atoms. The smallest absolute Gasteiger partial charge is 0.167 e. The first-order valence-corrected chi connectivity index (χ1v) is 7.14. The highest BCUT2D eigenvalue weighted by Crippen LogP contribution is 2.33. The van der Waals surface area contributed by atoms with Crippen molar-refractivity contribution in [1.29, 1.82) is 0 Å². The van der Waals surface area contributed by atoms with Gasteiger partial charge >= 0.3 is 0 Å². The third-order valence-electron chi connectivity index (χ3n) is 4.51. The Bertz CT molecular complexity index is 468. The Hall–Kier alpha value is -1.42. The molecule has 2 saturated heterocycles. The van der Waals surface area contributed by atoms with Gasteiger partial charge in [-0.2, -0.15) is 0 Å². The van der Waals surface area contributed by atoms with Crippen LogP contribution in [0.25, 0.3) is 0 Å². The van der Waals surface area contributed by atoms with Crippen molar-refractivity contribution in [3.05, 3.63) is 23.4 Å². The van der Waals surface area contributed by atoms with Crippen LogP contribution in [0.15, 0.2) is 12.3 Å². The minimum absolute atomic E-state index is 0.161. The van der Waals surface area contributed by atoms with Crippen LogP contribution >= 0.6 is 0 Å². The van der Waals surface area contributed by atoms with Crippen molar-refractivity contribution >= 4 is 11.6 Å². The van der Waals surface area contributed by atoms with Crippen molar-refractivity contribution in [2.45, 2.75) is 51.1 Å². The number of fused-ring (bicyclic) bond motifs is 2. The van der Waals surface area contributed by atoms with Crippen LogP contribution in [0.5, 0.6) is 0 Å². The first-order valence-electron chi connectivity index (χ1n) is 7.14. The largest absolute Gasteiger partial charge is 0.383 e. The summed E-state index contributed by atoms with van der Waals surface area (Å²) in [5.41, 5.74) is 7.42. The Balaban J connectivity index is 1.71. The molecule has 2 atom stereocenters. The summed E-state index contributed by atoms with van der Waals surface area (Å²) in [4.78, 5) is 16.5. The number of nitrogens with one attached hydrogen (secondary N) is 1. The minimum atomic E-state index is 0.161. The number of piperidine rings is 1. The second-order valence-electron chi connectivity index (χ2n) is 5.99. The van der Waals surface area contributed by atoms with E-state index in [1.807, 2.05) is 13.0 Å². The minimum Gasteiger partial charge on any atom is -0.383 e. The monoisotopic (exact) mass is 259 g/mol. The Kier molecular flexibility index (Phi) is 3.27. The molecule has 4 heteroatoms. The topological polar surface area (TPSA) is 68.0 Å². The lowest BCUT2D eigenvalue weighted by atomic mass is 9.86. The van der Waals surface area contributed by atoms with E-state index in [0.29, 0.717) is 35.8 Å². The van der Waals surface area contributed by atoms with Crippen LogP contribution in [0, 0.1) is 12.8 Å². The summed E-state index contributed by atoms with van der Waals surface area (Å²) in [6, 6.07) is 3.11. The summed E-state index contributed by atoms with van der Waals surface area (Å²) in [7, 11) is 0. The zero-order valence-electron chi connectivity index (χ0n) is 11.4. The van der Waals surface area contributed by atoms with Crippen molar-refractivity contribution in [3.8, 4) is 0 Å². The van der Waals surface area contributed by atoms with Gasteiger partial charge in [0.05, 0.1) is 5.56 Å². The van der Waals surface area contributed by atoms with E-state index in [0.717, 1.165) is 18.4 Å². The number of hydrogen-bond donors (Lipinski definition) is 2. The summed E-state index contributed by atoms with van der Waals surface area (Å²) in [5, 5.41) is 3.61. The van der Waals surface area contributed by atoms with Gasteiger partial charge in [-0.3, -0.25) is 4.79 Å². The van der Waals surface area contributed by atoms with Crippen LogP contribution in [0.2, 0.25) is 0 Å². The highest BCUT2D eigenvalue weighted by molar-refractivity contribution is 6.01. The fourth-order valence-electron chi connectivity index (χ4n) is 3.65. The number of carbonyl (C=O) groups is 1. The maximum atomic E-state index is 12.4. The molecule has 2 aliphatic rings. The molecular formula is C15H21N3O. The average Bonchev–Trinajstić information content (AvgIpc) is 2.68. The number of anilines is 1. The second-order valence-corrected chi connectivity index (χ2v) is 5.99. The highest BCUT2D eigenvalue weighted by atomic mass is 16.1. The molecule has 3 heterocycles. The van der Waals surface area contributed by atoms with Crippen LogP contribution in [0.4, 0.5) is 5.82 Å². The molecule has 4 nitrogen and oxygen atoms in total. The van der Waals surface area contributed by atoms with Crippen LogP contribution in [0.3, 0.4) is 0 Å². The SMILES string of the molecule is Cc1ccnc(N)c1C(=O)CC1CC2CCC(C1)N2. The fourth-order valence-corrected chi connectivity index (χ4v) is 3.65. The standard InChI is InChI=1S/C15H21N3O/c1-9-4-5-17-15(16)14(9)13(19)8-10-6-11-2-3-12(7-10)18-11/h4-5,10-12,18H,2-3,6-8H2,1H3,(H2,16,17). The normalized spacial score (nSPS) is 29.4. The molecule has 0 saturated carbocycles. The number of nitrogens with zero attached hydrogens (tertiary/aromatic N) is 1. The molecule has 2 fully saturated rings. The van der Waals surface area contributed by atoms with Gasteiger partial charge in [0, 0.05) is 24.7 Å². The molecule has 0 amide bonds. The summed E-state index contributed by atoms with van der Waals surface area (Å²) >= 11 is 0. The van der Waals surface area contributed by atoms with Crippen LogP contribution < -0.4 is 11.1 Å². The van der Waals surface area contributed by atoms with E-state index in [9.17, 15) is 4.79 Å². The molecule has 19 heavy (non-hydrogen) atoms. The van der Waals surface area contributed by atoms with Crippen LogP contribution in [-0.4, -0.2) is 22.9 Å². The van der Waals surface area contributed by atoms with E-state index in [-0.39, 0.29) is 5.78 Å². The predicted octanol–water partition coefficient (Wildman–Crippen LogP) is 2.08. The number of Topliss-reactive ketones (excluding diaryl/α,β-unsaturated/α-hetero) is 1. The van der Waals surface area contributed by atoms with Crippen molar-refractivity contribution in [2.24, 2.45) is 5.92 Å². The van der Waals surface area contributed by atoms with Gasteiger partial charge in [0.2, 0.25) is 0 Å². The maximum Gasteiger partial charge on any atom is 0.167 e. The molecule has 0 aromatic carbocycles. The van der Waals surface area contributed by atoms with Crippen LogP contribution in [-0.2, 0) is 0 Å². The van der Waals surface area contributed by atoms with Gasteiger partial charge in [-0.15, -0.1) is 0 Å². The summed E-state index contributed by atoms with van der Waals surface area (Å²) in [6.07, 6.45) is 7.06. The summed E-state index contributed by atoms with van der Waals surface area (Å²) in [5.74, 6) is 1.04. The van der Waals surface area contributed by atoms with Gasteiger partial charge in [-0.1, -0.05) is 0 Å². The quantitative estimate of drug-likeness (QED) is 0.815. The lowest BCUT2D eigenvalue weighted by molar-refractivity contribution is 0.0945. The number of aromatic nitrogens is 1.